The zero-order valence-electron chi connectivity index (χ0n) is 10.4. The topological polar surface area (TPSA) is 46.2 Å². The summed E-state index contributed by atoms with van der Waals surface area (Å²) in [5.41, 5.74) is 6.62. The monoisotopic (exact) mass is 249 g/mol. The Balaban J connectivity index is 1.76. The van der Waals surface area contributed by atoms with Gasteiger partial charge in [0.05, 0.1) is 6.10 Å². The second kappa shape index (κ2) is 4.63. The predicted molar refractivity (Wildman–Crippen MR) is 68.5 cm³/mol. The molecule has 0 amide bonds. The van der Waals surface area contributed by atoms with Crippen LogP contribution in [-0.4, -0.2) is 17.8 Å². The summed E-state index contributed by atoms with van der Waals surface area (Å²) < 4.78 is 13.3. The molecule has 0 heterocycles. The molecular weight excluding hydrogens is 229 g/mol. The van der Waals surface area contributed by atoms with E-state index in [1.165, 1.54) is 31.4 Å². The van der Waals surface area contributed by atoms with E-state index in [1.54, 1.807) is 6.07 Å². The first-order chi connectivity index (χ1) is 8.72. The lowest BCUT2D eigenvalue weighted by molar-refractivity contribution is 0.108. The molecule has 2 nitrogen and oxygen atoms in total. The van der Waals surface area contributed by atoms with Gasteiger partial charge in [0.2, 0.25) is 0 Å². The van der Waals surface area contributed by atoms with E-state index < -0.39 is 6.10 Å². The van der Waals surface area contributed by atoms with Crippen molar-refractivity contribution in [2.45, 2.75) is 31.3 Å². The fourth-order valence-corrected chi connectivity index (χ4v) is 3.86. The second-order valence-electron chi connectivity index (χ2n) is 5.72. The number of hydrogen-bond donors (Lipinski definition) is 2. The Labute approximate surface area is 107 Å². The van der Waals surface area contributed by atoms with E-state index in [4.69, 9.17) is 5.73 Å². The first-order valence-corrected chi connectivity index (χ1v) is 6.86. The van der Waals surface area contributed by atoms with Gasteiger partial charge in [-0.05, 0) is 48.3 Å². The van der Waals surface area contributed by atoms with Gasteiger partial charge in [0.15, 0.2) is 0 Å². The molecule has 0 aromatic heterocycles. The number of rotatable bonds is 4. The van der Waals surface area contributed by atoms with Crippen molar-refractivity contribution < 1.29 is 9.50 Å². The Morgan fingerprint density at radius 3 is 2.67 bits per heavy atom. The average Bonchev–Trinajstić information content (AvgIpc) is 2.84. The van der Waals surface area contributed by atoms with Gasteiger partial charge in [0.25, 0.3) is 0 Å². The van der Waals surface area contributed by atoms with E-state index in [2.05, 4.69) is 0 Å². The number of aliphatic hydroxyl groups is 1. The molecule has 1 aromatic rings. The number of nitrogens with two attached hydrogens (primary N) is 1. The van der Waals surface area contributed by atoms with Gasteiger partial charge >= 0.3 is 0 Å². The van der Waals surface area contributed by atoms with E-state index in [9.17, 15) is 9.50 Å². The third-order valence-corrected chi connectivity index (χ3v) is 4.81. The number of fused-ring (bicyclic) bond motifs is 1. The Kier molecular flexibility index (Phi) is 3.12. The molecule has 0 saturated heterocycles. The summed E-state index contributed by atoms with van der Waals surface area (Å²) in [4.78, 5) is 0. The van der Waals surface area contributed by atoms with Crippen LogP contribution in [0.15, 0.2) is 24.3 Å². The SMILES string of the molecule is NCC(c1cccc(F)c1)C(O)C1C2CCCC21. The Morgan fingerprint density at radius 2 is 2.06 bits per heavy atom. The highest BCUT2D eigenvalue weighted by atomic mass is 19.1. The van der Waals surface area contributed by atoms with Gasteiger partial charge in [0, 0.05) is 12.5 Å². The van der Waals surface area contributed by atoms with Crippen LogP contribution in [0.5, 0.6) is 0 Å². The van der Waals surface area contributed by atoms with E-state index >= 15 is 0 Å². The number of benzene rings is 1. The summed E-state index contributed by atoms with van der Waals surface area (Å²) in [5, 5.41) is 10.5. The van der Waals surface area contributed by atoms with Gasteiger partial charge in [0.1, 0.15) is 5.82 Å². The Bertz CT molecular complexity index is 426. The van der Waals surface area contributed by atoms with Crippen LogP contribution in [0.3, 0.4) is 0 Å². The maximum Gasteiger partial charge on any atom is 0.123 e. The third-order valence-electron chi connectivity index (χ3n) is 4.81. The normalized spacial score (nSPS) is 32.9. The molecule has 3 N–H and O–H groups in total. The number of aliphatic hydroxyl groups excluding tert-OH is 1. The van der Waals surface area contributed by atoms with Gasteiger partial charge in [-0.15, -0.1) is 0 Å². The van der Waals surface area contributed by atoms with Gasteiger partial charge in [-0.25, -0.2) is 4.39 Å². The minimum Gasteiger partial charge on any atom is -0.392 e. The molecule has 4 unspecified atom stereocenters. The molecule has 3 heteroatoms. The fourth-order valence-electron chi connectivity index (χ4n) is 3.86. The largest absolute Gasteiger partial charge is 0.392 e. The highest BCUT2D eigenvalue weighted by Crippen LogP contribution is 2.60. The van der Waals surface area contributed by atoms with Crippen molar-refractivity contribution in [1.82, 2.24) is 0 Å². The molecule has 18 heavy (non-hydrogen) atoms. The molecule has 0 spiro atoms. The summed E-state index contributed by atoms with van der Waals surface area (Å²) in [6.07, 6.45) is 3.37. The van der Waals surface area contributed by atoms with Crippen LogP contribution in [0, 0.1) is 23.6 Å². The molecule has 0 radical (unpaired) electrons. The molecular formula is C15H20FNO. The first-order valence-electron chi connectivity index (χ1n) is 6.86. The Morgan fingerprint density at radius 1 is 1.33 bits per heavy atom. The van der Waals surface area contributed by atoms with Crippen LogP contribution in [-0.2, 0) is 0 Å². The molecule has 0 aliphatic heterocycles. The van der Waals surface area contributed by atoms with Crippen molar-refractivity contribution in [2.75, 3.05) is 6.54 Å². The lowest BCUT2D eigenvalue weighted by Crippen LogP contribution is -2.29. The van der Waals surface area contributed by atoms with E-state index in [0.29, 0.717) is 24.3 Å². The lowest BCUT2D eigenvalue weighted by atomic mass is 9.88. The van der Waals surface area contributed by atoms with Crippen molar-refractivity contribution in [3.8, 4) is 0 Å². The molecule has 2 aliphatic carbocycles. The van der Waals surface area contributed by atoms with Gasteiger partial charge in [-0.2, -0.15) is 0 Å². The molecule has 2 saturated carbocycles. The van der Waals surface area contributed by atoms with E-state index in [1.807, 2.05) is 6.07 Å². The summed E-state index contributed by atoms with van der Waals surface area (Å²) in [6, 6.07) is 6.48. The molecule has 98 valence electrons. The number of halogens is 1. The van der Waals surface area contributed by atoms with E-state index in [0.717, 1.165) is 5.56 Å². The summed E-state index contributed by atoms with van der Waals surface area (Å²) in [5.74, 6) is 1.41. The quantitative estimate of drug-likeness (QED) is 0.860. The van der Waals surface area contributed by atoms with Crippen molar-refractivity contribution in [3.05, 3.63) is 35.6 Å². The minimum atomic E-state index is -0.410. The molecule has 4 atom stereocenters. The second-order valence-corrected chi connectivity index (χ2v) is 5.72. The molecule has 1 aromatic carbocycles. The van der Waals surface area contributed by atoms with Crippen LogP contribution in [0.2, 0.25) is 0 Å². The highest BCUT2D eigenvalue weighted by Gasteiger charge is 2.56. The standard InChI is InChI=1S/C15H20FNO/c16-10-4-1-3-9(7-10)13(8-17)15(18)14-11-5-2-6-12(11)14/h1,3-4,7,11-15,18H,2,5-6,8,17H2. The minimum absolute atomic E-state index is 0.128. The van der Waals surface area contributed by atoms with Crippen molar-refractivity contribution >= 4 is 0 Å². The van der Waals surface area contributed by atoms with Gasteiger partial charge in [-0.3, -0.25) is 0 Å². The zero-order valence-corrected chi connectivity index (χ0v) is 10.4. The molecule has 0 bridgehead atoms. The van der Waals surface area contributed by atoms with Gasteiger partial charge in [-0.1, -0.05) is 18.6 Å². The lowest BCUT2D eigenvalue weighted by Gasteiger charge is -2.23. The Hall–Kier alpha value is -0.930. The average molecular weight is 249 g/mol. The van der Waals surface area contributed by atoms with Crippen LogP contribution >= 0.6 is 0 Å². The third kappa shape index (κ3) is 1.95. The van der Waals surface area contributed by atoms with Crippen LogP contribution in [0.4, 0.5) is 4.39 Å². The van der Waals surface area contributed by atoms with Crippen LogP contribution < -0.4 is 5.73 Å². The summed E-state index contributed by atoms with van der Waals surface area (Å²) in [6.45, 7) is 0.376. The highest BCUT2D eigenvalue weighted by molar-refractivity contribution is 5.24. The summed E-state index contributed by atoms with van der Waals surface area (Å²) >= 11 is 0. The molecule has 2 fully saturated rings. The molecule has 2 aliphatic rings. The van der Waals surface area contributed by atoms with Crippen molar-refractivity contribution in [2.24, 2.45) is 23.5 Å². The van der Waals surface area contributed by atoms with Crippen molar-refractivity contribution in [3.63, 3.8) is 0 Å². The maximum absolute atomic E-state index is 13.3. The smallest absolute Gasteiger partial charge is 0.123 e. The van der Waals surface area contributed by atoms with E-state index in [-0.39, 0.29) is 11.7 Å². The zero-order chi connectivity index (χ0) is 12.7. The fraction of sp³-hybridized carbons (Fsp3) is 0.600. The van der Waals surface area contributed by atoms with Crippen LogP contribution in [0.25, 0.3) is 0 Å². The maximum atomic E-state index is 13.3. The predicted octanol–water partition coefficient (Wildman–Crippen LogP) is 2.28. The first kappa shape index (κ1) is 12.1. The van der Waals surface area contributed by atoms with Crippen LogP contribution in [0.1, 0.15) is 30.7 Å². The van der Waals surface area contributed by atoms with Gasteiger partial charge < -0.3 is 10.8 Å². The molecule has 3 rings (SSSR count). The summed E-state index contributed by atoms with van der Waals surface area (Å²) in [7, 11) is 0. The number of hydrogen-bond acceptors (Lipinski definition) is 2. The van der Waals surface area contributed by atoms with Crippen molar-refractivity contribution in [1.29, 1.82) is 0 Å².